The summed E-state index contributed by atoms with van der Waals surface area (Å²) >= 11 is 0. The highest BCUT2D eigenvalue weighted by Gasteiger charge is 2.46. The van der Waals surface area contributed by atoms with Gasteiger partial charge in [-0.3, -0.25) is 4.79 Å². The predicted molar refractivity (Wildman–Crippen MR) is 98.3 cm³/mol. The fraction of sp³-hybridized carbons (Fsp3) is 0.286. The zero-order chi connectivity index (χ0) is 18.0. The molecule has 1 aromatic heterocycles. The van der Waals surface area contributed by atoms with Crippen LogP contribution in [0.5, 0.6) is 0 Å². The lowest BCUT2D eigenvalue weighted by atomic mass is 9.63. The number of nitrogens with zero attached hydrogens (tertiary/aromatic N) is 2. The Morgan fingerprint density at radius 3 is 2.54 bits per heavy atom. The highest BCUT2D eigenvalue weighted by atomic mass is 16.4. The second-order valence-corrected chi connectivity index (χ2v) is 6.87. The van der Waals surface area contributed by atoms with Crippen molar-refractivity contribution < 1.29 is 9.21 Å². The molecule has 0 saturated heterocycles. The van der Waals surface area contributed by atoms with Gasteiger partial charge >= 0.3 is 0 Å². The van der Waals surface area contributed by atoms with Gasteiger partial charge in [0.1, 0.15) is 0 Å². The van der Waals surface area contributed by atoms with Crippen LogP contribution in [-0.2, 0) is 16.8 Å². The van der Waals surface area contributed by atoms with Gasteiger partial charge in [-0.1, -0.05) is 42.8 Å². The maximum atomic E-state index is 13.0. The molecule has 0 spiro atoms. The average Bonchev–Trinajstić information content (AvgIpc) is 3.16. The van der Waals surface area contributed by atoms with E-state index in [4.69, 9.17) is 4.42 Å². The van der Waals surface area contributed by atoms with Crippen LogP contribution in [0, 0.1) is 6.92 Å². The summed E-state index contributed by atoms with van der Waals surface area (Å²) in [6.45, 7) is 2.59. The Morgan fingerprint density at radius 1 is 1.15 bits per heavy atom. The van der Waals surface area contributed by atoms with E-state index in [1.807, 2.05) is 36.4 Å². The van der Waals surface area contributed by atoms with Gasteiger partial charge in [-0.15, -0.1) is 10.2 Å². The Hall–Kier alpha value is -2.95. The summed E-state index contributed by atoms with van der Waals surface area (Å²) in [5.74, 6) is 0.618. The van der Waals surface area contributed by atoms with E-state index in [1.165, 1.54) is 12.0 Å². The minimum atomic E-state index is -0.366. The van der Waals surface area contributed by atoms with Crippen molar-refractivity contribution in [1.29, 1.82) is 0 Å². The molecular weight excluding hydrogens is 326 g/mol. The second-order valence-electron chi connectivity index (χ2n) is 6.87. The Balaban J connectivity index is 1.46. The molecule has 4 rings (SSSR count). The van der Waals surface area contributed by atoms with Crippen LogP contribution in [0.1, 0.15) is 36.0 Å². The first-order chi connectivity index (χ1) is 12.7. The molecule has 1 N–H and O–H groups in total. The lowest BCUT2D eigenvalue weighted by molar-refractivity contribution is -0.130. The summed E-state index contributed by atoms with van der Waals surface area (Å²) in [4.78, 5) is 13.0. The molecule has 1 aliphatic rings. The van der Waals surface area contributed by atoms with Crippen LogP contribution in [0.15, 0.2) is 59.3 Å². The quantitative estimate of drug-likeness (QED) is 0.762. The van der Waals surface area contributed by atoms with E-state index in [1.54, 1.807) is 0 Å². The van der Waals surface area contributed by atoms with Gasteiger partial charge in [0.15, 0.2) is 0 Å². The average molecular weight is 347 g/mol. The molecule has 2 aromatic carbocycles. The number of carbonyl (C=O) groups is 1. The Morgan fingerprint density at radius 2 is 1.92 bits per heavy atom. The highest BCUT2D eigenvalue weighted by Crippen LogP contribution is 2.45. The third-order valence-electron chi connectivity index (χ3n) is 5.32. The van der Waals surface area contributed by atoms with Crippen LogP contribution in [-0.4, -0.2) is 16.1 Å². The molecule has 0 bridgehead atoms. The number of aromatic nitrogens is 2. The van der Waals surface area contributed by atoms with E-state index in [2.05, 4.69) is 34.6 Å². The van der Waals surface area contributed by atoms with Crippen molar-refractivity contribution in [2.45, 2.75) is 38.1 Å². The summed E-state index contributed by atoms with van der Waals surface area (Å²) in [6, 6.07) is 16.0. The summed E-state index contributed by atoms with van der Waals surface area (Å²) in [7, 11) is 0. The first kappa shape index (κ1) is 16.5. The predicted octanol–water partition coefficient (Wildman–Crippen LogP) is 3.78. The minimum absolute atomic E-state index is 0.124. The van der Waals surface area contributed by atoms with Gasteiger partial charge in [-0.05, 0) is 48.6 Å². The summed E-state index contributed by atoms with van der Waals surface area (Å²) in [5, 5.41) is 10.7. The summed E-state index contributed by atoms with van der Waals surface area (Å²) in [5.41, 5.74) is 3.89. The molecule has 5 heteroatoms. The van der Waals surface area contributed by atoms with Crippen LogP contribution in [0.2, 0.25) is 0 Å². The van der Waals surface area contributed by atoms with Gasteiger partial charge < -0.3 is 9.73 Å². The van der Waals surface area contributed by atoms with Gasteiger partial charge in [-0.2, -0.15) is 0 Å². The van der Waals surface area contributed by atoms with Crippen LogP contribution in [0.3, 0.4) is 0 Å². The SMILES string of the molecule is Cc1ccccc1C1(C(=O)NCc2ccc(-c3nnco3)cc2)CCC1. The summed E-state index contributed by atoms with van der Waals surface area (Å²) < 4.78 is 5.19. The van der Waals surface area contributed by atoms with Crippen LogP contribution in [0.4, 0.5) is 0 Å². The van der Waals surface area contributed by atoms with Crippen molar-refractivity contribution in [3.8, 4) is 11.5 Å². The van der Waals surface area contributed by atoms with E-state index in [0.29, 0.717) is 12.4 Å². The lowest BCUT2D eigenvalue weighted by Gasteiger charge is -2.41. The van der Waals surface area contributed by atoms with Gasteiger partial charge in [0.25, 0.3) is 0 Å². The van der Waals surface area contributed by atoms with Crippen molar-refractivity contribution in [3.05, 3.63) is 71.6 Å². The topological polar surface area (TPSA) is 68.0 Å². The van der Waals surface area contributed by atoms with Gasteiger partial charge in [-0.25, -0.2) is 0 Å². The fourth-order valence-electron chi connectivity index (χ4n) is 3.67. The van der Waals surface area contributed by atoms with Crippen molar-refractivity contribution in [2.75, 3.05) is 0 Å². The van der Waals surface area contributed by atoms with Crippen molar-refractivity contribution in [2.24, 2.45) is 0 Å². The lowest BCUT2D eigenvalue weighted by Crippen LogP contribution is -2.49. The molecule has 0 radical (unpaired) electrons. The zero-order valence-electron chi connectivity index (χ0n) is 14.7. The van der Waals surface area contributed by atoms with Crippen LogP contribution in [0.25, 0.3) is 11.5 Å². The molecule has 26 heavy (non-hydrogen) atoms. The number of amides is 1. The molecule has 1 amide bonds. The van der Waals surface area contributed by atoms with E-state index in [9.17, 15) is 4.79 Å². The molecule has 1 aliphatic carbocycles. The molecule has 132 valence electrons. The number of carbonyl (C=O) groups excluding carboxylic acids is 1. The molecule has 1 fully saturated rings. The monoisotopic (exact) mass is 347 g/mol. The number of nitrogens with one attached hydrogen (secondary N) is 1. The zero-order valence-corrected chi connectivity index (χ0v) is 14.7. The third kappa shape index (κ3) is 2.90. The van der Waals surface area contributed by atoms with Crippen LogP contribution >= 0.6 is 0 Å². The Bertz CT molecular complexity index is 897. The molecule has 0 atom stereocenters. The molecule has 5 nitrogen and oxygen atoms in total. The fourth-order valence-corrected chi connectivity index (χ4v) is 3.67. The molecule has 1 heterocycles. The number of hydrogen-bond acceptors (Lipinski definition) is 4. The second kappa shape index (κ2) is 6.75. The molecule has 0 aliphatic heterocycles. The largest absolute Gasteiger partial charge is 0.423 e. The molecule has 3 aromatic rings. The number of benzene rings is 2. The number of aryl methyl sites for hydroxylation is 1. The van der Waals surface area contributed by atoms with Gasteiger partial charge in [0.05, 0.1) is 5.41 Å². The van der Waals surface area contributed by atoms with E-state index in [-0.39, 0.29) is 11.3 Å². The van der Waals surface area contributed by atoms with Gasteiger partial charge in [0.2, 0.25) is 18.2 Å². The standard InChI is InChI=1S/C21H21N3O2/c1-15-5-2-3-6-18(15)21(11-4-12-21)20(25)22-13-16-7-9-17(10-8-16)19-24-23-14-26-19/h2-3,5-10,14H,4,11-13H2,1H3,(H,22,25). The Labute approximate surface area is 152 Å². The van der Waals surface area contributed by atoms with E-state index >= 15 is 0 Å². The normalized spacial score (nSPS) is 15.3. The third-order valence-corrected chi connectivity index (χ3v) is 5.32. The van der Waals surface area contributed by atoms with Crippen LogP contribution < -0.4 is 5.32 Å². The maximum absolute atomic E-state index is 13.0. The molecule has 0 unspecified atom stereocenters. The molecule has 1 saturated carbocycles. The smallest absolute Gasteiger partial charge is 0.247 e. The Kier molecular flexibility index (Phi) is 4.29. The van der Waals surface area contributed by atoms with Gasteiger partial charge in [0, 0.05) is 12.1 Å². The molecular formula is C21H21N3O2. The first-order valence-electron chi connectivity index (χ1n) is 8.89. The minimum Gasteiger partial charge on any atom is -0.423 e. The van der Waals surface area contributed by atoms with E-state index < -0.39 is 0 Å². The highest BCUT2D eigenvalue weighted by molar-refractivity contribution is 5.89. The maximum Gasteiger partial charge on any atom is 0.247 e. The first-order valence-corrected chi connectivity index (χ1v) is 8.89. The van der Waals surface area contributed by atoms with Crippen molar-refractivity contribution in [3.63, 3.8) is 0 Å². The van der Waals surface area contributed by atoms with Crippen molar-refractivity contribution in [1.82, 2.24) is 15.5 Å². The number of hydrogen-bond donors (Lipinski definition) is 1. The van der Waals surface area contributed by atoms with Crippen molar-refractivity contribution >= 4 is 5.91 Å². The van der Waals surface area contributed by atoms with E-state index in [0.717, 1.165) is 36.0 Å². The number of rotatable bonds is 5. The summed E-state index contributed by atoms with van der Waals surface area (Å²) in [6.07, 6.45) is 4.24.